The number of furan rings is 1. The minimum absolute atomic E-state index is 0.317. The second-order valence-corrected chi connectivity index (χ2v) is 11.8. The molecule has 0 saturated heterocycles. The maximum absolute atomic E-state index is 6.50. The van der Waals surface area contributed by atoms with E-state index >= 15 is 0 Å². The lowest BCUT2D eigenvalue weighted by molar-refractivity contribution is 0.668. The molecule has 0 spiro atoms. The van der Waals surface area contributed by atoms with Gasteiger partial charge in [-0.25, -0.2) is 9.98 Å². The van der Waals surface area contributed by atoms with Crippen molar-refractivity contribution in [3.05, 3.63) is 180 Å². The monoisotopic (exact) mass is 603 g/mol. The summed E-state index contributed by atoms with van der Waals surface area (Å²) in [5.41, 5.74) is 9.37. The van der Waals surface area contributed by atoms with Gasteiger partial charge in [0.05, 0.1) is 0 Å². The Labute approximate surface area is 272 Å². The zero-order valence-electron chi connectivity index (χ0n) is 25.5. The van der Waals surface area contributed by atoms with Crippen molar-refractivity contribution in [1.82, 2.24) is 5.32 Å². The normalized spacial score (nSPS) is 14.6. The van der Waals surface area contributed by atoms with Crippen molar-refractivity contribution in [2.45, 2.75) is 6.17 Å². The van der Waals surface area contributed by atoms with Crippen LogP contribution in [0.4, 0.5) is 0 Å². The van der Waals surface area contributed by atoms with E-state index in [9.17, 15) is 0 Å². The molecule has 1 N–H and O–H groups in total. The molecule has 0 bridgehead atoms. The number of aliphatic imine (C=N–C) groups is 2. The van der Waals surface area contributed by atoms with Crippen molar-refractivity contribution >= 4 is 44.4 Å². The Hall–Kier alpha value is -6.26. The van der Waals surface area contributed by atoms with Crippen molar-refractivity contribution in [3.63, 3.8) is 0 Å². The molecule has 9 rings (SSSR count). The zero-order chi connectivity index (χ0) is 31.2. The van der Waals surface area contributed by atoms with Gasteiger partial charge < -0.3 is 9.73 Å². The first-order valence-electron chi connectivity index (χ1n) is 15.9. The average molecular weight is 604 g/mol. The van der Waals surface area contributed by atoms with Crippen LogP contribution >= 0.6 is 0 Å². The lowest BCUT2D eigenvalue weighted by atomic mass is 9.98. The lowest BCUT2D eigenvalue weighted by Crippen LogP contribution is -2.33. The molecule has 1 atom stereocenters. The molecule has 7 aromatic carbocycles. The summed E-state index contributed by atoms with van der Waals surface area (Å²) in [5, 5.41) is 8.04. The van der Waals surface area contributed by atoms with Crippen LogP contribution in [0.5, 0.6) is 0 Å². The fraction of sp³-hybridized carbons (Fsp3) is 0.0233. The van der Waals surface area contributed by atoms with Gasteiger partial charge >= 0.3 is 0 Å². The van der Waals surface area contributed by atoms with E-state index in [-0.39, 0.29) is 6.17 Å². The zero-order valence-corrected chi connectivity index (χ0v) is 25.5. The van der Waals surface area contributed by atoms with Gasteiger partial charge in [-0.15, -0.1) is 0 Å². The number of fused-ring (bicyclic) bond motifs is 4. The van der Waals surface area contributed by atoms with Gasteiger partial charge in [-0.2, -0.15) is 0 Å². The molecule has 0 amide bonds. The smallest absolute Gasteiger partial charge is 0.160 e. The van der Waals surface area contributed by atoms with Gasteiger partial charge in [0.25, 0.3) is 0 Å². The van der Waals surface area contributed by atoms with Crippen LogP contribution in [0.15, 0.2) is 178 Å². The highest BCUT2D eigenvalue weighted by Crippen LogP contribution is 2.36. The topological polar surface area (TPSA) is 49.9 Å². The van der Waals surface area contributed by atoms with Gasteiger partial charge in [0.1, 0.15) is 23.2 Å². The summed E-state index contributed by atoms with van der Waals surface area (Å²) in [4.78, 5) is 10.4. The van der Waals surface area contributed by atoms with Crippen LogP contribution in [-0.4, -0.2) is 11.7 Å². The molecule has 4 heteroatoms. The molecule has 0 radical (unpaired) electrons. The lowest BCUT2D eigenvalue weighted by Gasteiger charge is -2.24. The molecule has 0 aliphatic carbocycles. The third-order valence-corrected chi connectivity index (χ3v) is 8.97. The predicted octanol–water partition coefficient (Wildman–Crippen LogP) is 10.6. The van der Waals surface area contributed by atoms with Crippen molar-refractivity contribution in [3.8, 4) is 22.3 Å². The minimum atomic E-state index is -0.317. The van der Waals surface area contributed by atoms with Gasteiger partial charge in [0.15, 0.2) is 5.84 Å². The Morgan fingerprint density at radius 2 is 1.13 bits per heavy atom. The highest BCUT2D eigenvalue weighted by Gasteiger charge is 2.24. The summed E-state index contributed by atoms with van der Waals surface area (Å²) < 4.78 is 6.50. The molecule has 4 nitrogen and oxygen atoms in total. The van der Waals surface area contributed by atoms with Crippen molar-refractivity contribution < 1.29 is 4.42 Å². The summed E-state index contributed by atoms with van der Waals surface area (Å²) in [5.74, 6) is 1.47. The Morgan fingerprint density at radius 1 is 0.489 bits per heavy atom. The molecular weight excluding hydrogens is 574 g/mol. The molecule has 0 saturated carbocycles. The van der Waals surface area contributed by atoms with Gasteiger partial charge in [-0.1, -0.05) is 146 Å². The Morgan fingerprint density at radius 3 is 1.94 bits per heavy atom. The van der Waals surface area contributed by atoms with Crippen LogP contribution in [0.25, 0.3) is 55.0 Å². The van der Waals surface area contributed by atoms with Crippen LogP contribution in [0.3, 0.4) is 0 Å². The highest BCUT2D eigenvalue weighted by atomic mass is 16.3. The third-order valence-electron chi connectivity index (χ3n) is 8.97. The van der Waals surface area contributed by atoms with E-state index in [1.807, 2.05) is 36.4 Å². The van der Waals surface area contributed by atoms with Crippen molar-refractivity contribution in [2.75, 3.05) is 0 Å². The van der Waals surface area contributed by atoms with Gasteiger partial charge in [-0.3, -0.25) is 0 Å². The average Bonchev–Trinajstić information content (AvgIpc) is 3.53. The summed E-state index contributed by atoms with van der Waals surface area (Å²) in [6, 6.07) is 56.9. The Bertz CT molecular complexity index is 2470. The first-order chi connectivity index (χ1) is 23.3. The maximum atomic E-state index is 6.50. The van der Waals surface area contributed by atoms with Crippen LogP contribution in [0.1, 0.15) is 22.9 Å². The predicted molar refractivity (Wildman–Crippen MR) is 194 cm³/mol. The number of nitrogens with one attached hydrogen (secondary N) is 1. The fourth-order valence-electron chi connectivity index (χ4n) is 6.64. The first kappa shape index (κ1) is 27.1. The van der Waals surface area contributed by atoms with Crippen LogP contribution in [0.2, 0.25) is 0 Å². The van der Waals surface area contributed by atoms with Gasteiger partial charge in [0, 0.05) is 27.5 Å². The summed E-state index contributed by atoms with van der Waals surface area (Å²) >= 11 is 0. The highest BCUT2D eigenvalue weighted by molar-refractivity contribution is 6.22. The molecule has 1 aliphatic rings. The second-order valence-electron chi connectivity index (χ2n) is 11.8. The quantitative estimate of drug-likeness (QED) is 0.213. The second kappa shape index (κ2) is 11.3. The fourth-order valence-corrected chi connectivity index (χ4v) is 6.64. The molecule has 47 heavy (non-hydrogen) atoms. The molecule has 8 aromatic rings. The summed E-state index contributed by atoms with van der Waals surface area (Å²) in [6.07, 6.45) is -0.317. The summed E-state index contributed by atoms with van der Waals surface area (Å²) in [7, 11) is 0. The van der Waals surface area contributed by atoms with E-state index < -0.39 is 0 Å². The Kier molecular flexibility index (Phi) is 6.50. The standard InChI is InChI=1S/C43H29N3O/c1-3-11-28(12-4-1)29-21-23-30(24-22-29)33-25-26-36-39(27-33)47-38-20-10-19-37(40(36)38)43-45-41(32-14-5-2-6-15-32)44-42(46-43)35-18-9-16-31-13-7-8-17-34(31)35/h1-27,42H,(H,44,45,46). The first-order valence-corrected chi connectivity index (χ1v) is 15.9. The minimum Gasteiger partial charge on any atom is -0.456 e. The number of hydrogen-bond acceptors (Lipinski definition) is 4. The van der Waals surface area contributed by atoms with E-state index in [0.717, 1.165) is 55.6 Å². The van der Waals surface area contributed by atoms with E-state index in [1.54, 1.807) is 0 Å². The van der Waals surface area contributed by atoms with E-state index in [1.165, 1.54) is 21.9 Å². The van der Waals surface area contributed by atoms with Gasteiger partial charge in [0.2, 0.25) is 0 Å². The number of nitrogens with zero attached hydrogens (tertiary/aromatic N) is 2. The van der Waals surface area contributed by atoms with E-state index in [2.05, 4.69) is 133 Å². The van der Waals surface area contributed by atoms with Crippen LogP contribution < -0.4 is 5.32 Å². The van der Waals surface area contributed by atoms with E-state index in [0.29, 0.717) is 5.84 Å². The maximum Gasteiger partial charge on any atom is 0.160 e. The number of rotatable bonds is 5. The number of hydrogen-bond donors (Lipinski definition) is 1. The van der Waals surface area contributed by atoms with Gasteiger partial charge in [-0.05, 0) is 51.2 Å². The largest absolute Gasteiger partial charge is 0.456 e. The molecule has 1 aromatic heterocycles. The van der Waals surface area contributed by atoms with Crippen molar-refractivity contribution in [2.24, 2.45) is 9.98 Å². The Balaban J connectivity index is 1.16. The molecule has 222 valence electrons. The van der Waals surface area contributed by atoms with E-state index in [4.69, 9.17) is 14.4 Å². The SMILES string of the molecule is c1ccc(C2=NC(c3cccc4oc5cc(-c6ccc(-c7ccccc7)cc6)ccc5c34)=NC(c3cccc4ccccc34)N2)cc1. The molecular formula is C43H29N3O. The molecule has 2 heterocycles. The van der Waals surface area contributed by atoms with Crippen molar-refractivity contribution in [1.29, 1.82) is 0 Å². The number of benzene rings is 7. The molecule has 1 unspecified atom stereocenters. The van der Waals surface area contributed by atoms with Crippen LogP contribution in [0, 0.1) is 0 Å². The molecule has 1 aliphatic heterocycles. The summed E-state index contributed by atoms with van der Waals surface area (Å²) in [6.45, 7) is 0. The number of amidine groups is 2. The molecule has 0 fully saturated rings. The third kappa shape index (κ3) is 4.88. The van der Waals surface area contributed by atoms with Crippen LogP contribution in [-0.2, 0) is 0 Å².